The molecular formula is C24H24N2O3. The molecule has 0 saturated carbocycles. The van der Waals surface area contributed by atoms with Crippen molar-refractivity contribution >= 4 is 11.6 Å². The zero-order valence-electron chi connectivity index (χ0n) is 16.4. The Bertz CT molecular complexity index is 954. The van der Waals surface area contributed by atoms with E-state index >= 15 is 0 Å². The third kappa shape index (κ3) is 5.94. The summed E-state index contributed by atoms with van der Waals surface area (Å²) < 4.78 is 11.0. The Morgan fingerprint density at radius 3 is 2.38 bits per heavy atom. The molecule has 0 spiro atoms. The van der Waals surface area contributed by atoms with Gasteiger partial charge in [-0.25, -0.2) is 0 Å². The van der Waals surface area contributed by atoms with Crippen LogP contribution in [0, 0.1) is 0 Å². The van der Waals surface area contributed by atoms with Crippen molar-refractivity contribution in [2.75, 3.05) is 19.0 Å². The summed E-state index contributed by atoms with van der Waals surface area (Å²) in [6, 6.07) is 17.4. The molecule has 0 fully saturated rings. The summed E-state index contributed by atoms with van der Waals surface area (Å²) in [6.45, 7) is 3.63. The van der Waals surface area contributed by atoms with Crippen molar-refractivity contribution in [1.29, 1.82) is 0 Å². The van der Waals surface area contributed by atoms with Crippen LogP contribution in [-0.2, 0) is 17.6 Å². The van der Waals surface area contributed by atoms with E-state index in [9.17, 15) is 4.79 Å². The number of hydrogen-bond acceptors (Lipinski definition) is 4. The van der Waals surface area contributed by atoms with Gasteiger partial charge in [-0.1, -0.05) is 24.3 Å². The first-order valence-electron chi connectivity index (χ1n) is 9.36. The third-order valence-electron chi connectivity index (χ3n) is 4.36. The maximum absolute atomic E-state index is 12.2. The lowest BCUT2D eigenvalue weighted by atomic mass is 10.1. The van der Waals surface area contributed by atoms with Crippen LogP contribution in [0.15, 0.2) is 79.6 Å². The monoisotopic (exact) mass is 388 g/mol. The van der Waals surface area contributed by atoms with Crippen molar-refractivity contribution in [2.45, 2.75) is 12.8 Å². The van der Waals surface area contributed by atoms with Crippen LogP contribution in [0.1, 0.15) is 16.7 Å². The average Bonchev–Trinajstić information content (AvgIpc) is 2.75. The summed E-state index contributed by atoms with van der Waals surface area (Å²) in [6.07, 6.45) is 6.96. The normalized spacial score (nSPS) is 10.2. The lowest BCUT2D eigenvalue weighted by molar-refractivity contribution is -0.118. The Morgan fingerprint density at radius 1 is 1.00 bits per heavy atom. The van der Waals surface area contributed by atoms with Gasteiger partial charge in [0.05, 0.1) is 7.11 Å². The summed E-state index contributed by atoms with van der Waals surface area (Å²) >= 11 is 0. The molecule has 0 saturated heterocycles. The van der Waals surface area contributed by atoms with Crippen LogP contribution in [0.5, 0.6) is 11.5 Å². The van der Waals surface area contributed by atoms with E-state index in [1.54, 1.807) is 25.6 Å². The van der Waals surface area contributed by atoms with E-state index in [1.807, 2.05) is 54.6 Å². The molecule has 5 nitrogen and oxygen atoms in total. The predicted octanol–water partition coefficient (Wildman–Crippen LogP) is 4.43. The summed E-state index contributed by atoms with van der Waals surface area (Å²) in [7, 11) is 1.58. The van der Waals surface area contributed by atoms with Gasteiger partial charge in [-0.3, -0.25) is 9.78 Å². The lowest BCUT2D eigenvalue weighted by Crippen LogP contribution is -2.20. The molecule has 0 atom stereocenters. The summed E-state index contributed by atoms with van der Waals surface area (Å²) in [4.78, 5) is 16.3. The highest BCUT2D eigenvalue weighted by atomic mass is 16.5. The van der Waals surface area contributed by atoms with Gasteiger partial charge in [0.25, 0.3) is 5.91 Å². The molecule has 0 radical (unpaired) electrons. The van der Waals surface area contributed by atoms with Gasteiger partial charge < -0.3 is 14.8 Å². The number of hydrogen-bond donors (Lipinski definition) is 1. The molecule has 148 valence electrons. The highest BCUT2D eigenvalue weighted by molar-refractivity contribution is 5.91. The Hall–Kier alpha value is -3.60. The fraction of sp³-hybridized carbons (Fsp3) is 0.167. The number of amides is 1. The van der Waals surface area contributed by atoms with Crippen LogP contribution in [-0.4, -0.2) is 24.6 Å². The standard InChI is InChI=1S/C24H24N2O3/c1-3-4-18-7-10-22(23(16-18)28-2)29-17-24(27)26-21-8-5-19(6-9-21)15-20-11-13-25-14-12-20/h3,5-14,16H,1,4,15,17H2,2H3,(H,26,27). The van der Waals surface area contributed by atoms with Gasteiger partial charge in [-0.15, -0.1) is 6.58 Å². The quantitative estimate of drug-likeness (QED) is 0.551. The van der Waals surface area contributed by atoms with Gasteiger partial charge in [0.1, 0.15) is 0 Å². The van der Waals surface area contributed by atoms with Crippen molar-refractivity contribution in [3.63, 3.8) is 0 Å². The molecule has 29 heavy (non-hydrogen) atoms. The van der Waals surface area contributed by atoms with Crippen molar-refractivity contribution in [2.24, 2.45) is 0 Å². The van der Waals surface area contributed by atoms with Crippen LogP contribution in [0.2, 0.25) is 0 Å². The van der Waals surface area contributed by atoms with Crippen molar-refractivity contribution < 1.29 is 14.3 Å². The molecule has 2 aromatic carbocycles. The molecule has 3 aromatic rings. The third-order valence-corrected chi connectivity index (χ3v) is 4.36. The number of ether oxygens (including phenoxy) is 2. The molecule has 1 aromatic heterocycles. The number of benzene rings is 2. The van der Waals surface area contributed by atoms with Gasteiger partial charge >= 0.3 is 0 Å². The number of pyridine rings is 1. The Kier molecular flexibility index (Phi) is 7.00. The number of aromatic nitrogens is 1. The zero-order chi connectivity index (χ0) is 20.5. The van der Waals surface area contributed by atoms with Crippen LogP contribution in [0.3, 0.4) is 0 Å². The van der Waals surface area contributed by atoms with Crippen molar-refractivity contribution in [1.82, 2.24) is 4.98 Å². The average molecular weight is 388 g/mol. The summed E-state index contributed by atoms with van der Waals surface area (Å²) in [5.74, 6) is 0.893. The molecule has 3 rings (SSSR count). The highest BCUT2D eigenvalue weighted by Gasteiger charge is 2.09. The number of anilines is 1. The minimum atomic E-state index is -0.232. The molecule has 0 aliphatic rings. The summed E-state index contributed by atoms with van der Waals surface area (Å²) in [5, 5.41) is 2.84. The maximum Gasteiger partial charge on any atom is 0.262 e. The van der Waals surface area contributed by atoms with Crippen LogP contribution in [0.4, 0.5) is 5.69 Å². The molecular weight excluding hydrogens is 364 g/mol. The van der Waals surface area contributed by atoms with E-state index in [0.717, 1.165) is 29.7 Å². The maximum atomic E-state index is 12.2. The van der Waals surface area contributed by atoms with Gasteiger partial charge in [-0.2, -0.15) is 0 Å². The van der Waals surface area contributed by atoms with Gasteiger partial charge in [0.15, 0.2) is 18.1 Å². The van der Waals surface area contributed by atoms with Crippen LogP contribution in [0.25, 0.3) is 0 Å². The first-order chi connectivity index (χ1) is 14.2. The lowest BCUT2D eigenvalue weighted by Gasteiger charge is -2.12. The second-order valence-corrected chi connectivity index (χ2v) is 6.54. The van der Waals surface area contributed by atoms with E-state index in [4.69, 9.17) is 9.47 Å². The molecule has 0 aliphatic heterocycles. The number of allylic oxidation sites excluding steroid dienone is 1. The molecule has 1 N–H and O–H groups in total. The van der Waals surface area contributed by atoms with Gasteiger partial charge in [0.2, 0.25) is 0 Å². The summed E-state index contributed by atoms with van der Waals surface area (Å²) in [5.41, 5.74) is 4.15. The van der Waals surface area contributed by atoms with E-state index in [2.05, 4.69) is 16.9 Å². The molecule has 1 heterocycles. The highest BCUT2D eigenvalue weighted by Crippen LogP contribution is 2.28. The first-order valence-corrected chi connectivity index (χ1v) is 9.36. The molecule has 1 amide bonds. The molecule has 0 bridgehead atoms. The number of rotatable bonds is 9. The van der Waals surface area contributed by atoms with Crippen molar-refractivity contribution in [3.8, 4) is 11.5 Å². The van der Waals surface area contributed by atoms with E-state index in [-0.39, 0.29) is 12.5 Å². The molecule has 0 aliphatic carbocycles. The fourth-order valence-corrected chi connectivity index (χ4v) is 2.91. The number of methoxy groups -OCH3 is 1. The second-order valence-electron chi connectivity index (χ2n) is 6.54. The molecule has 5 heteroatoms. The number of nitrogens with zero attached hydrogens (tertiary/aromatic N) is 1. The fourth-order valence-electron chi connectivity index (χ4n) is 2.91. The smallest absolute Gasteiger partial charge is 0.262 e. The van der Waals surface area contributed by atoms with Crippen molar-refractivity contribution in [3.05, 3.63) is 96.3 Å². The van der Waals surface area contributed by atoms with Crippen LogP contribution >= 0.6 is 0 Å². The van der Waals surface area contributed by atoms with Gasteiger partial charge in [0, 0.05) is 18.1 Å². The van der Waals surface area contributed by atoms with E-state index in [0.29, 0.717) is 11.5 Å². The Balaban J connectivity index is 1.53. The van der Waals surface area contributed by atoms with Gasteiger partial charge in [-0.05, 0) is 65.9 Å². The minimum absolute atomic E-state index is 0.101. The van der Waals surface area contributed by atoms with E-state index in [1.165, 1.54) is 5.56 Å². The number of nitrogens with one attached hydrogen (secondary N) is 1. The SMILES string of the molecule is C=CCc1ccc(OCC(=O)Nc2ccc(Cc3ccncc3)cc2)c(OC)c1. The Morgan fingerprint density at radius 2 is 1.69 bits per heavy atom. The molecule has 0 unspecified atom stereocenters. The predicted molar refractivity (Wildman–Crippen MR) is 115 cm³/mol. The Labute approximate surface area is 171 Å². The number of carbonyl (C=O) groups excluding carboxylic acids is 1. The van der Waals surface area contributed by atoms with E-state index < -0.39 is 0 Å². The van der Waals surface area contributed by atoms with Crippen LogP contribution < -0.4 is 14.8 Å². The largest absolute Gasteiger partial charge is 0.493 e. The minimum Gasteiger partial charge on any atom is -0.493 e. The first kappa shape index (κ1) is 20.1. The number of carbonyl (C=O) groups is 1. The topological polar surface area (TPSA) is 60.5 Å². The zero-order valence-corrected chi connectivity index (χ0v) is 16.4. The second kappa shape index (κ2) is 10.1.